The van der Waals surface area contributed by atoms with Crippen LogP contribution in [-0.2, 0) is 4.79 Å². The average molecular weight is 412 g/mol. The van der Waals surface area contributed by atoms with Gasteiger partial charge in [0, 0.05) is 28.5 Å². The normalized spacial score (nSPS) is 11.1. The fourth-order valence-electron chi connectivity index (χ4n) is 2.65. The monoisotopic (exact) mass is 411 g/mol. The molecule has 162 valence electrons. The van der Waals surface area contributed by atoms with Gasteiger partial charge in [0.05, 0.1) is 13.2 Å². The average Bonchev–Trinajstić information content (AvgIpc) is 2.65. The summed E-state index contributed by atoms with van der Waals surface area (Å²) in [5, 5.41) is 8.85. The first kappa shape index (κ1) is 23.3. The van der Waals surface area contributed by atoms with Gasteiger partial charge in [0.2, 0.25) is 5.91 Å². The Morgan fingerprint density at radius 2 is 1.70 bits per heavy atom. The van der Waals surface area contributed by atoms with Crippen LogP contribution in [0.3, 0.4) is 0 Å². The highest BCUT2D eigenvalue weighted by atomic mass is 16.5. The van der Waals surface area contributed by atoms with Crippen LogP contribution in [-0.4, -0.2) is 30.5 Å². The Hall–Kier alpha value is -3.02. The molecule has 0 radical (unpaired) electrons. The van der Waals surface area contributed by atoms with Crippen molar-refractivity contribution in [1.29, 1.82) is 0 Å². The number of hydrogen-bond donors (Lipinski definition) is 3. The number of benzene rings is 2. The van der Waals surface area contributed by atoms with Gasteiger partial charge in [0.15, 0.2) is 0 Å². The lowest BCUT2D eigenvalue weighted by atomic mass is 10.1. The van der Waals surface area contributed by atoms with Crippen molar-refractivity contribution in [3.8, 4) is 5.75 Å². The summed E-state index contributed by atoms with van der Waals surface area (Å²) >= 11 is 0. The highest BCUT2D eigenvalue weighted by Crippen LogP contribution is 2.18. The Labute approximate surface area is 179 Å². The van der Waals surface area contributed by atoms with Crippen molar-refractivity contribution in [3.05, 3.63) is 54.1 Å². The summed E-state index contributed by atoms with van der Waals surface area (Å²) in [4.78, 5) is 24.6. The van der Waals surface area contributed by atoms with Gasteiger partial charge in [-0.1, -0.05) is 26.0 Å². The van der Waals surface area contributed by atoms with E-state index in [1.54, 1.807) is 18.2 Å². The molecule has 0 spiro atoms. The molecule has 30 heavy (non-hydrogen) atoms. The van der Waals surface area contributed by atoms with Crippen molar-refractivity contribution in [1.82, 2.24) is 5.32 Å². The highest BCUT2D eigenvalue weighted by Gasteiger charge is 2.15. The van der Waals surface area contributed by atoms with E-state index in [0.29, 0.717) is 29.5 Å². The molecular weight excluding hydrogens is 378 g/mol. The molecule has 0 saturated carbocycles. The SMILES string of the molecule is CC(C)CCOc1cccc(NC(=O)CNc2cccc(C(=O)NC(C)(C)C)c2)c1. The molecule has 0 fully saturated rings. The molecule has 0 aliphatic carbocycles. The minimum atomic E-state index is -0.312. The number of rotatable bonds is 9. The van der Waals surface area contributed by atoms with Gasteiger partial charge in [-0.25, -0.2) is 0 Å². The molecule has 2 aromatic carbocycles. The van der Waals surface area contributed by atoms with E-state index in [1.165, 1.54) is 0 Å². The Balaban J connectivity index is 1.88. The van der Waals surface area contributed by atoms with E-state index in [1.807, 2.05) is 51.1 Å². The van der Waals surface area contributed by atoms with Crippen molar-refractivity contribution >= 4 is 23.2 Å². The minimum absolute atomic E-state index is 0.0861. The minimum Gasteiger partial charge on any atom is -0.494 e. The first-order valence-corrected chi connectivity index (χ1v) is 10.3. The van der Waals surface area contributed by atoms with Crippen LogP contribution in [0.15, 0.2) is 48.5 Å². The maximum Gasteiger partial charge on any atom is 0.251 e. The molecule has 6 nitrogen and oxygen atoms in total. The lowest BCUT2D eigenvalue weighted by Crippen LogP contribution is -2.40. The van der Waals surface area contributed by atoms with Gasteiger partial charge in [-0.2, -0.15) is 0 Å². The van der Waals surface area contributed by atoms with Gasteiger partial charge in [0.1, 0.15) is 5.75 Å². The van der Waals surface area contributed by atoms with Gasteiger partial charge >= 0.3 is 0 Å². The Morgan fingerprint density at radius 1 is 1.00 bits per heavy atom. The van der Waals surface area contributed by atoms with Crippen molar-refractivity contribution in [2.75, 3.05) is 23.8 Å². The van der Waals surface area contributed by atoms with E-state index in [2.05, 4.69) is 29.8 Å². The summed E-state index contributed by atoms with van der Waals surface area (Å²) < 4.78 is 5.73. The molecule has 2 aromatic rings. The molecular formula is C24H33N3O3. The number of carbonyl (C=O) groups excluding carboxylic acids is 2. The number of nitrogens with one attached hydrogen (secondary N) is 3. The van der Waals surface area contributed by atoms with E-state index in [-0.39, 0.29) is 23.9 Å². The van der Waals surface area contributed by atoms with Gasteiger partial charge in [-0.05, 0) is 63.4 Å². The molecule has 0 bridgehead atoms. The summed E-state index contributed by atoms with van der Waals surface area (Å²) in [6.07, 6.45) is 0.980. The van der Waals surface area contributed by atoms with Crippen molar-refractivity contribution < 1.29 is 14.3 Å². The molecule has 0 unspecified atom stereocenters. The zero-order chi connectivity index (χ0) is 22.1. The van der Waals surface area contributed by atoms with Crippen LogP contribution in [0.5, 0.6) is 5.75 Å². The zero-order valence-electron chi connectivity index (χ0n) is 18.5. The van der Waals surface area contributed by atoms with Gasteiger partial charge in [-0.15, -0.1) is 0 Å². The van der Waals surface area contributed by atoms with Crippen LogP contribution in [0.2, 0.25) is 0 Å². The van der Waals surface area contributed by atoms with Crippen molar-refractivity contribution in [2.24, 2.45) is 5.92 Å². The summed E-state index contributed by atoms with van der Waals surface area (Å²) in [5.74, 6) is 0.986. The van der Waals surface area contributed by atoms with Crippen LogP contribution in [0, 0.1) is 5.92 Å². The summed E-state index contributed by atoms with van der Waals surface area (Å²) in [7, 11) is 0. The largest absolute Gasteiger partial charge is 0.494 e. The van der Waals surface area contributed by atoms with E-state index in [9.17, 15) is 9.59 Å². The third kappa shape index (κ3) is 8.55. The second kappa shape index (κ2) is 10.7. The van der Waals surface area contributed by atoms with E-state index in [0.717, 1.165) is 12.2 Å². The topological polar surface area (TPSA) is 79.5 Å². The Morgan fingerprint density at radius 3 is 2.40 bits per heavy atom. The number of hydrogen-bond acceptors (Lipinski definition) is 4. The second-order valence-corrected chi connectivity index (χ2v) is 8.75. The van der Waals surface area contributed by atoms with Crippen LogP contribution < -0.4 is 20.7 Å². The molecule has 6 heteroatoms. The van der Waals surface area contributed by atoms with E-state index < -0.39 is 0 Å². The molecule has 0 aliphatic rings. The zero-order valence-corrected chi connectivity index (χ0v) is 18.5. The molecule has 0 heterocycles. The lowest BCUT2D eigenvalue weighted by molar-refractivity contribution is -0.114. The van der Waals surface area contributed by atoms with Gasteiger partial charge < -0.3 is 20.7 Å². The molecule has 0 aromatic heterocycles. The molecule has 0 saturated heterocycles. The highest BCUT2D eigenvalue weighted by molar-refractivity contribution is 5.96. The molecule has 0 aliphatic heterocycles. The third-order valence-corrected chi connectivity index (χ3v) is 4.15. The third-order valence-electron chi connectivity index (χ3n) is 4.15. The lowest BCUT2D eigenvalue weighted by Gasteiger charge is -2.20. The number of carbonyl (C=O) groups is 2. The summed E-state index contributed by atoms with van der Waals surface area (Å²) in [5.41, 5.74) is 1.62. The first-order chi connectivity index (χ1) is 14.1. The fourth-order valence-corrected chi connectivity index (χ4v) is 2.65. The molecule has 3 N–H and O–H groups in total. The van der Waals surface area contributed by atoms with Crippen LogP contribution in [0.1, 0.15) is 51.4 Å². The summed E-state index contributed by atoms with van der Waals surface area (Å²) in [6, 6.07) is 14.5. The fraction of sp³-hybridized carbons (Fsp3) is 0.417. The number of anilines is 2. The van der Waals surface area contributed by atoms with Gasteiger partial charge in [0.25, 0.3) is 5.91 Å². The predicted molar refractivity (Wildman–Crippen MR) is 122 cm³/mol. The number of ether oxygens (including phenoxy) is 1. The van der Waals surface area contributed by atoms with Crippen molar-refractivity contribution in [2.45, 2.75) is 46.6 Å². The van der Waals surface area contributed by atoms with Crippen molar-refractivity contribution in [3.63, 3.8) is 0 Å². The van der Waals surface area contributed by atoms with Crippen LogP contribution in [0.4, 0.5) is 11.4 Å². The smallest absolute Gasteiger partial charge is 0.251 e. The van der Waals surface area contributed by atoms with E-state index in [4.69, 9.17) is 4.74 Å². The maximum atomic E-state index is 12.3. The van der Waals surface area contributed by atoms with Gasteiger partial charge in [-0.3, -0.25) is 9.59 Å². The quantitative estimate of drug-likeness (QED) is 0.559. The van der Waals surface area contributed by atoms with E-state index >= 15 is 0 Å². The van der Waals surface area contributed by atoms with Crippen LogP contribution >= 0.6 is 0 Å². The number of amides is 2. The predicted octanol–water partition coefficient (Wildman–Crippen LogP) is 4.69. The standard InChI is InChI=1S/C24H33N3O3/c1-17(2)12-13-30-21-11-7-10-20(15-21)26-22(28)16-25-19-9-6-8-18(14-19)23(29)27-24(3,4)5/h6-11,14-15,17,25H,12-13,16H2,1-5H3,(H,26,28)(H,27,29). The Bertz CT molecular complexity index is 857. The molecule has 2 amide bonds. The molecule has 0 atom stereocenters. The maximum absolute atomic E-state index is 12.3. The summed E-state index contributed by atoms with van der Waals surface area (Å²) in [6.45, 7) is 10.8. The molecule has 2 rings (SSSR count). The van der Waals surface area contributed by atoms with Crippen LogP contribution in [0.25, 0.3) is 0 Å². The Kier molecular flexibility index (Phi) is 8.27. The second-order valence-electron chi connectivity index (χ2n) is 8.75. The first-order valence-electron chi connectivity index (χ1n) is 10.3.